The lowest BCUT2D eigenvalue weighted by Crippen LogP contribution is -2.58. The number of aliphatic imine (C=N–C) groups is 1. The number of benzene rings is 1. The average molecular weight is 566 g/mol. The van der Waals surface area contributed by atoms with Crippen LogP contribution in [0.5, 0.6) is 5.75 Å². The molecule has 0 bridgehead atoms. The smallest absolute Gasteiger partial charge is 0.326 e. The van der Waals surface area contributed by atoms with Crippen molar-refractivity contribution < 1.29 is 39.3 Å². The minimum atomic E-state index is -1.43. The van der Waals surface area contributed by atoms with Crippen molar-refractivity contribution in [3.05, 3.63) is 29.8 Å². The van der Waals surface area contributed by atoms with Gasteiger partial charge in [-0.15, -0.1) is 0 Å². The lowest BCUT2D eigenvalue weighted by molar-refractivity contribution is -0.143. The van der Waals surface area contributed by atoms with E-state index in [1.165, 1.54) is 12.1 Å². The lowest BCUT2D eigenvalue weighted by atomic mass is 10.0. The minimum Gasteiger partial charge on any atom is -0.508 e. The largest absolute Gasteiger partial charge is 0.508 e. The molecular weight excluding hydrogens is 526 g/mol. The second-order valence-electron chi connectivity index (χ2n) is 9.54. The van der Waals surface area contributed by atoms with Crippen molar-refractivity contribution in [2.45, 2.75) is 70.1 Å². The second-order valence-corrected chi connectivity index (χ2v) is 9.54. The standard InChI is InChI=1S/C25H39N7O8/c1-13(2)20(26)23(38)32-18(12-14-5-7-15(33)8-6-14)22(37)30-16(9-10-19(34)35)21(36)31-17(24(39)40)4-3-11-29-25(27)28/h5-8,13,16-18,20,33H,3-4,9-12,26H2,1-2H3,(H,30,37)(H,31,36)(H,32,38)(H,34,35)(H,39,40)(H4,27,28,29). The van der Waals surface area contributed by atoms with Gasteiger partial charge in [-0.3, -0.25) is 24.2 Å². The molecule has 0 aliphatic carbocycles. The molecule has 12 N–H and O–H groups in total. The summed E-state index contributed by atoms with van der Waals surface area (Å²) in [6.07, 6.45) is -0.715. The van der Waals surface area contributed by atoms with E-state index < -0.39 is 60.2 Å². The van der Waals surface area contributed by atoms with E-state index in [0.29, 0.717) is 5.56 Å². The molecule has 0 aliphatic rings. The van der Waals surface area contributed by atoms with E-state index in [-0.39, 0.29) is 49.9 Å². The van der Waals surface area contributed by atoms with Gasteiger partial charge in [0.15, 0.2) is 5.96 Å². The summed E-state index contributed by atoms with van der Waals surface area (Å²) in [4.78, 5) is 65.6. The van der Waals surface area contributed by atoms with Crippen LogP contribution in [0.3, 0.4) is 0 Å². The van der Waals surface area contributed by atoms with Gasteiger partial charge in [-0.2, -0.15) is 0 Å². The minimum absolute atomic E-state index is 0.00712. The summed E-state index contributed by atoms with van der Waals surface area (Å²) in [5, 5.41) is 35.5. The molecule has 0 heterocycles. The zero-order valence-electron chi connectivity index (χ0n) is 22.5. The van der Waals surface area contributed by atoms with Crippen molar-refractivity contribution in [2.75, 3.05) is 6.54 Å². The van der Waals surface area contributed by atoms with Gasteiger partial charge >= 0.3 is 11.9 Å². The molecule has 1 aromatic rings. The second kappa shape index (κ2) is 16.5. The van der Waals surface area contributed by atoms with E-state index in [1.807, 2.05) is 0 Å². The van der Waals surface area contributed by atoms with Gasteiger partial charge in [-0.1, -0.05) is 26.0 Å². The summed E-state index contributed by atoms with van der Waals surface area (Å²) in [7, 11) is 0. The number of nitrogens with two attached hydrogens (primary N) is 3. The summed E-state index contributed by atoms with van der Waals surface area (Å²) in [6.45, 7) is 3.57. The van der Waals surface area contributed by atoms with Gasteiger partial charge in [0.05, 0.1) is 6.04 Å². The van der Waals surface area contributed by atoms with E-state index >= 15 is 0 Å². The molecule has 4 atom stereocenters. The first-order valence-electron chi connectivity index (χ1n) is 12.7. The molecule has 4 unspecified atom stereocenters. The molecule has 15 nitrogen and oxygen atoms in total. The monoisotopic (exact) mass is 565 g/mol. The quantitative estimate of drug-likeness (QED) is 0.0587. The summed E-state index contributed by atoms with van der Waals surface area (Å²) in [6, 6.07) is 0.927. The number of carboxylic acids is 2. The Balaban J connectivity index is 3.13. The molecule has 1 aromatic carbocycles. The highest BCUT2D eigenvalue weighted by Crippen LogP contribution is 2.13. The van der Waals surface area contributed by atoms with Crippen LogP contribution in [0.2, 0.25) is 0 Å². The number of guanidine groups is 1. The normalized spacial score (nSPS) is 13.8. The highest BCUT2D eigenvalue weighted by atomic mass is 16.4. The Hall–Kier alpha value is -4.40. The summed E-state index contributed by atoms with van der Waals surface area (Å²) in [5.41, 5.74) is 17.0. The number of nitrogens with zero attached hydrogens (tertiary/aromatic N) is 1. The number of hydrogen-bond donors (Lipinski definition) is 9. The van der Waals surface area contributed by atoms with Gasteiger partial charge < -0.3 is 48.5 Å². The fourth-order valence-electron chi connectivity index (χ4n) is 3.49. The molecular formula is C25H39N7O8. The summed E-state index contributed by atoms with van der Waals surface area (Å²) >= 11 is 0. The van der Waals surface area contributed by atoms with Crippen molar-refractivity contribution in [1.82, 2.24) is 16.0 Å². The molecule has 0 aliphatic heterocycles. The highest BCUT2D eigenvalue weighted by Gasteiger charge is 2.31. The maximum Gasteiger partial charge on any atom is 0.326 e. The topological polar surface area (TPSA) is 273 Å². The number of carboxylic acid groups (broad SMARTS) is 2. The number of rotatable bonds is 17. The molecule has 40 heavy (non-hydrogen) atoms. The fraction of sp³-hybridized carbons (Fsp3) is 0.520. The molecule has 0 aromatic heterocycles. The molecule has 0 fully saturated rings. The van der Waals surface area contributed by atoms with Gasteiger partial charge in [0, 0.05) is 19.4 Å². The fourth-order valence-corrected chi connectivity index (χ4v) is 3.49. The third kappa shape index (κ3) is 12.4. The predicted molar refractivity (Wildman–Crippen MR) is 145 cm³/mol. The number of aromatic hydroxyl groups is 1. The van der Waals surface area contributed by atoms with Gasteiger partial charge in [0.25, 0.3) is 0 Å². The van der Waals surface area contributed by atoms with E-state index in [0.717, 1.165) is 0 Å². The number of phenols is 1. The van der Waals surface area contributed by atoms with Crippen LogP contribution in [0.4, 0.5) is 0 Å². The maximum atomic E-state index is 13.3. The first-order chi connectivity index (χ1) is 18.7. The van der Waals surface area contributed by atoms with Crippen molar-refractivity contribution in [2.24, 2.45) is 28.1 Å². The first-order valence-corrected chi connectivity index (χ1v) is 12.7. The van der Waals surface area contributed by atoms with Gasteiger partial charge in [-0.25, -0.2) is 4.79 Å². The van der Waals surface area contributed by atoms with Crippen molar-refractivity contribution in [3.8, 4) is 5.75 Å². The number of carbonyl (C=O) groups excluding carboxylic acids is 3. The number of phenolic OH excluding ortho intramolecular Hbond substituents is 1. The van der Waals surface area contributed by atoms with Crippen LogP contribution >= 0.6 is 0 Å². The average Bonchev–Trinajstić information content (AvgIpc) is 2.87. The van der Waals surface area contributed by atoms with Gasteiger partial charge in [-0.05, 0) is 42.9 Å². The Morgan fingerprint density at radius 3 is 1.93 bits per heavy atom. The Morgan fingerprint density at radius 1 is 0.850 bits per heavy atom. The molecule has 0 saturated carbocycles. The van der Waals surface area contributed by atoms with Crippen LogP contribution in [0.15, 0.2) is 29.3 Å². The van der Waals surface area contributed by atoms with Crippen molar-refractivity contribution in [1.29, 1.82) is 0 Å². The molecule has 3 amide bonds. The highest BCUT2D eigenvalue weighted by molar-refractivity contribution is 5.94. The molecule has 0 saturated heterocycles. The van der Waals surface area contributed by atoms with Crippen LogP contribution in [0.1, 0.15) is 45.1 Å². The van der Waals surface area contributed by atoms with E-state index in [1.54, 1.807) is 26.0 Å². The Bertz CT molecular complexity index is 1060. The molecule has 0 radical (unpaired) electrons. The maximum absolute atomic E-state index is 13.3. The molecule has 0 spiro atoms. The number of aliphatic carboxylic acids is 2. The van der Waals surface area contributed by atoms with Crippen LogP contribution < -0.4 is 33.2 Å². The van der Waals surface area contributed by atoms with Crippen LogP contribution in [0.25, 0.3) is 0 Å². The van der Waals surface area contributed by atoms with Crippen LogP contribution in [-0.2, 0) is 30.4 Å². The number of hydrogen-bond acceptors (Lipinski definition) is 8. The van der Waals surface area contributed by atoms with Gasteiger partial charge in [0.2, 0.25) is 17.7 Å². The Labute approximate surface area is 231 Å². The number of nitrogens with one attached hydrogen (secondary N) is 3. The van der Waals surface area contributed by atoms with Crippen LogP contribution in [0, 0.1) is 5.92 Å². The third-order valence-electron chi connectivity index (χ3n) is 5.87. The van der Waals surface area contributed by atoms with Gasteiger partial charge in [0.1, 0.15) is 23.9 Å². The lowest BCUT2D eigenvalue weighted by Gasteiger charge is -2.25. The van der Waals surface area contributed by atoms with Crippen molar-refractivity contribution >= 4 is 35.6 Å². The Kier molecular flexibility index (Phi) is 13.9. The predicted octanol–water partition coefficient (Wildman–Crippen LogP) is -1.62. The van der Waals surface area contributed by atoms with E-state index in [2.05, 4.69) is 20.9 Å². The third-order valence-corrected chi connectivity index (χ3v) is 5.87. The zero-order valence-corrected chi connectivity index (χ0v) is 22.5. The number of carbonyl (C=O) groups is 5. The van der Waals surface area contributed by atoms with E-state index in [4.69, 9.17) is 22.3 Å². The zero-order chi connectivity index (χ0) is 30.4. The van der Waals surface area contributed by atoms with Crippen molar-refractivity contribution in [3.63, 3.8) is 0 Å². The molecule has 222 valence electrons. The molecule has 1 rings (SSSR count). The Morgan fingerprint density at radius 2 is 1.40 bits per heavy atom. The summed E-state index contributed by atoms with van der Waals surface area (Å²) < 4.78 is 0. The van der Waals surface area contributed by atoms with Crippen LogP contribution in [-0.4, -0.2) is 81.7 Å². The van der Waals surface area contributed by atoms with E-state index in [9.17, 15) is 34.2 Å². The molecule has 15 heteroatoms. The first kappa shape index (κ1) is 33.6. The SMILES string of the molecule is CC(C)C(N)C(=O)NC(Cc1ccc(O)cc1)C(=O)NC(CCC(=O)O)C(=O)NC(CCCN=C(N)N)C(=O)O. The summed E-state index contributed by atoms with van der Waals surface area (Å²) in [5.74, 6) is -5.36. The number of amides is 3.